The molecule has 0 aromatic heterocycles. The summed E-state index contributed by atoms with van der Waals surface area (Å²) in [5.41, 5.74) is -0.580. The zero-order valence-corrected chi connectivity index (χ0v) is 9.82. The fraction of sp³-hybridized carbons (Fsp3) is 0.667. The second kappa shape index (κ2) is 6.51. The zero-order chi connectivity index (χ0) is 12.8. The molecule has 4 heteroatoms. The van der Waals surface area contributed by atoms with E-state index < -0.39 is 23.1 Å². The van der Waals surface area contributed by atoms with Crippen LogP contribution < -0.4 is 0 Å². The van der Waals surface area contributed by atoms with Crippen molar-refractivity contribution in [3.63, 3.8) is 0 Å². The van der Waals surface area contributed by atoms with Crippen LogP contribution in [-0.4, -0.2) is 17.5 Å². The van der Waals surface area contributed by atoms with E-state index in [4.69, 9.17) is 0 Å². The normalized spacial score (nSPS) is 11.2. The van der Waals surface area contributed by atoms with Gasteiger partial charge in [0, 0.05) is 13.3 Å². The Morgan fingerprint density at radius 3 is 2.19 bits per heavy atom. The third-order valence-corrected chi connectivity index (χ3v) is 2.27. The van der Waals surface area contributed by atoms with Gasteiger partial charge in [-0.2, -0.15) is 8.78 Å². The second-order valence-corrected chi connectivity index (χ2v) is 3.93. The van der Waals surface area contributed by atoms with E-state index >= 15 is 0 Å². The molecule has 0 rings (SSSR count). The molecule has 0 fully saturated rings. The van der Waals surface area contributed by atoms with Crippen molar-refractivity contribution in [1.29, 1.82) is 0 Å². The minimum Gasteiger partial charge on any atom is -0.294 e. The van der Waals surface area contributed by atoms with E-state index in [9.17, 15) is 18.4 Å². The average molecular weight is 232 g/mol. The molecule has 0 N–H and O–H groups in total. The molecule has 0 aromatic rings. The molecule has 92 valence electrons. The van der Waals surface area contributed by atoms with Crippen LogP contribution in [0.5, 0.6) is 0 Å². The SMILES string of the molecule is C=C(C(=O)CCCCCC)C(=O)C(C)(F)F. The van der Waals surface area contributed by atoms with Crippen LogP contribution in [0.3, 0.4) is 0 Å². The number of Topliss-reactive ketones (excluding diaryl/α,β-unsaturated/α-hetero) is 2. The van der Waals surface area contributed by atoms with Crippen LogP contribution >= 0.6 is 0 Å². The van der Waals surface area contributed by atoms with Gasteiger partial charge in [0.25, 0.3) is 0 Å². The van der Waals surface area contributed by atoms with Gasteiger partial charge in [-0.1, -0.05) is 32.8 Å². The maximum absolute atomic E-state index is 12.6. The van der Waals surface area contributed by atoms with Crippen molar-refractivity contribution >= 4 is 11.6 Å². The molecule has 2 nitrogen and oxygen atoms in total. The molecule has 0 heterocycles. The van der Waals surface area contributed by atoms with Crippen molar-refractivity contribution in [2.45, 2.75) is 51.9 Å². The lowest BCUT2D eigenvalue weighted by Crippen LogP contribution is -2.28. The molecule has 0 bridgehead atoms. The van der Waals surface area contributed by atoms with Crippen molar-refractivity contribution in [3.05, 3.63) is 12.2 Å². The fourth-order valence-corrected chi connectivity index (χ4v) is 1.25. The largest absolute Gasteiger partial charge is 0.307 e. The standard InChI is InChI=1S/C12H18F2O2/c1-4-5-6-7-8-10(15)9(2)11(16)12(3,13)14/h2,4-8H2,1,3H3. The molecule has 0 amide bonds. The Morgan fingerprint density at radius 1 is 1.19 bits per heavy atom. The molecule has 0 unspecified atom stereocenters. The Labute approximate surface area is 94.7 Å². The van der Waals surface area contributed by atoms with Crippen LogP contribution in [0.1, 0.15) is 46.0 Å². The van der Waals surface area contributed by atoms with Gasteiger partial charge in [0.1, 0.15) is 0 Å². The summed E-state index contributed by atoms with van der Waals surface area (Å²) in [6, 6.07) is 0. The number of carbonyl (C=O) groups is 2. The highest BCUT2D eigenvalue weighted by Gasteiger charge is 2.35. The molecular formula is C12H18F2O2. The van der Waals surface area contributed by atoms with Crippen molar-refractivity contribution in [2.24, 2.45) is 0 Å². The molecule has 0 saturated carbocycles. The van der Waals surface area contributed by atoms with Crippen molar-refractivity contribution in [2.75, 3.05) is 0 Å². The van der Waals surface area contributed by atoms with Crippen LogP contribution in [0.2, 0.25) is 0 Å². The quantitative estimate of drug-likeness (QED) is 0.278. The first-order valence-corrected chi connectivity index (χ1v) is 5.45. The third kappa shape index (κ3) is 5.14. The van der Waals surface area contributed by atoms with Gasteiger partial charge in [-0.25, -0.2) is 0 Å². The fourth-order valence-electron chi connectivity index (χ4n) is 1.25. The summed E-state index contributed by atoms with van der Waals surface area (Å²) in [4.78, 5) is 22.4. The minimum atomic E-state index is -3.50. The minimum absolute atomic E-state index is 0.126. The number of carbonyl (C=O) groups excluding carboxylic acids is 2. The van der Waals surface area contributed by atoms with E-state index in [2.05, 4.69) is 6.58 Å². The van der Waals surface area contributed by atoms with Crippen molar-refractivity contribution in [3.8, 4) is 0 Å². The maximum atomic E-state index is 12.6. The Bertz CT molecular complexity index is 277. The van der Waals surface area contributed by atoms with E-state index in [1.54, 1.807) is 0 Å². The van der Waals surface area contributed by atoms with Crippen LogP contribution in [-0.2, 0) is 9.59 Å². The summed E-state index contributed by atoms with van der Waals surface area (Å²) in [7, 11) is 0. The first-order valence-electron chi connectivity index (χ1n) is 5.45. The Kier molecular flexibility index (Phi) is 6.08. The summed E-state index contributed by atoms with van der Waals surface area (Å²) in [6.45, 7) is 5.65. The van der Waals surface area contributed by atoms with Gasteiger partial charge in [-0.3, -0.25) is 9.59 Å². The second-order valence-electron chi connectivity index (χ2n) is 3.93. The third-order valence-electron chi connectivity index (χ3n) is 2.27. The zero-order valence-electron chi connectivity index (χ0n) is 9.82. The van der Waals surface area contributed by atoms with E-state index in [-0.39, 0.29) is 6.42 Å². The number of alkyl halides is 2. The number of ketones is 2. The monoisotopic (exact) mass is 232 g/mol. The number of halogens is 2. The maximum Gasteiger partial charge on any atom is 0.307 e. The lowest BCUT2D eigenvalue weighted by molar-refractivity contribution is -0.138. The molecule has 0 aromatic carbocycles. The van der Waals surface area contributed by atoms with Gasteiger partial charge >= 0.3 is 5.92 Å². The molecule has 0 aliphatic carbocycles. The Balaban J connectivity index is 4.10. The smallest absolute Gasteiger partial charge is 0.294 e. The van der Waals surface area contributed by atoms with Gasteiger partial charge in [0.15, 0.2) is 5.78 Å². The topological polar surface area (TPSA) is 34.1 Å². The van der Waals surface area contributed by atoms with Gasteiger partial charge in [-0.05, 0) is 6.42 Å². The Hall–Kier alpha value is -1.06. The summed E-state index contributed by atoms with van der Waals surface area (Å²) in [5, 5.41) is 0. The number of hydrogen-bond donors (Lipinski definition) is 0. The first kappa shape index (κ1) is 14.9. The van der Waals surface area contributed by atoms with Crippen LogP contribution in [0.15, 0.2) is 12.2 Å². The van der Waals surface area contributed by atoms with Crippen LogP contribution in [0.25, 0.3) is 0 Å². The van der Waals surface area contributed by atoms with Crippen LogP contribution in [0.4, 0.5) is 8.78 Å². The summed E-state index contributed by atoms with van der Waals surface area (Å²) in [6.07, 6.45) is 3.64. The van der Waals surface area contributed by atoms with Crippen molar-refractivity contribution in [1.82, 2.24) is 0 Å². The predicted octanol–water partition coefficient (Wildman–Crippen LogP) is 3.31. The highest BCUT2D eigenvalue weighted by molar-refractivity contribution is 6.21. The molecular weight excluding hydrogens is 214 g/mol. The van der Waals surface area contributed by atoms with E-state index in [0.29, 0.717) is 13.3 Å². The van der Waals surface area contributed by atoms with Gasteiger partial charge < -0.3 is 0 Å². The Morgan fingerprint density at radius 2 is 1.75 bits per heavy atom. The number of hydrogen-bond acceptors (Lipinski definition) is 2. The molecule has 0 saturated heterocycles. The highest BCUT2D eigenvalue weighted by Crippen LogP contribution is 2.19. The summed E-state index contributed by atoms with van der Waals surface area (Å²) < 4.78 is 25.2. The molecule has 0 radical (unpaired) electrons. The summed E-state index contributed by atoms with van der Waals surface area (Å²) >= 11 is 0. The lowest BCUT2D eigenvalue weighted by Gasteiger charge is -2.09. The lowest BCUT2D eigenvalue weighted by atomic mass is 10.00. The average Bonchev–Trinajstić information content (AvgIpc) is 2.20. The molecule has 0 aliphatic heterocycles. The summed E-state index contributed by atoms with van der Waals surface area (Å²) in [5.74, 6) is -5.54. The highest BCUT2D eigenvalue weighted by atomic mass is 19.3. The van der Waals surface area contributed by atoms with Gasteiger partial charge in [-0.15, -0.1) is 0 Å². The van der Waals surface area contributed by atoms with Crippen molar-refractivity contribution < 1.29 is 18.4 Å². The first-order chi connectivity index (χ1) is 7.30. The number of rotatable bonds is 8. The molecule has 16 heavy (non-hydrogen) atoms. The number of unbranched alkanes of at least 4 members (excludes halogenated alkanes) is 3. The molecule has 0 atom stereocenters. The van der Waals surface area contributed by atoms with Crippen LogP contribution in [0, 0.1) is 0 Å². The van der Waals surface area contributed by atoms with E-state index in [1.807, 2.05) is 6.92 Å². The van der Waals surface area contributed by atoms with E-state index in [0.717, 1.165) is 19.3 Å². The predicted molar refractivity (Wildman–Crippen MR) is 58.5 cm³/mol. The molecule has 0 spiro atoms. The number of allylic oxidation sites excluding steroid dienone is 1. The molecule has 0 aliphatic rings. The van der Waals surface area contributed by atoms with Gasteiger partial charge in [0.05, 0.1) is 5.57 Å². The van der Waals surface area contributed by atoms with Gasteiger partial charge in [0.2, 0.25) is 5.78 Å². The van der Waals surface area contributed by atoms with E-state index in [1.165, 1.54) is 0 Å².